The van der Waals surface area contributed by atoms with Crippen molar-refractivity contribution in [1.82, 2.24) is 10.2 Å². The number of hydrogen-bond donors (Lipinski definition) is 3. The van der Waals surface area contributed by atoms with Gasteiger partial charge in [-0.15, -0.1) is 0 Å². The SMILES string of the molecule is O=C(O)[C@H]1NCCN(C(=O)c2ccc3c(c2)CCc2cc(Br)ccc2-3)[C@H]1C(=O)O. The molecule has 2 aliphatic rings. The van der Waals surface area contributed by atoms with Crippen LogP contribution in [0.15, 0.2) is 40.9 Å². The molecule has 0 radical (unpaired) electrons. The number of nitrogens with one attached hydrogen (secondary N) is 1. The number of amides is 1. The summed E-state index contributed by atoms with van der Waals surface area (Å²) < 4.78 is 1.03. The molecule has 0 spiro atoms. The Morgan fingerprint density at radius 2 is 1.62 bits per heavy atom. The number of nitrogens with zero attached hydrogens (tertiary/aromatic N) is 1. The molecule has 29 heavy (non-hydrogen) atoms. The minimum atomic E-state index is -1.46. The van der Waals surface area contributed by atoms with Crippen LogP contribution in [0.2, 0.25) is 0 Å². The molecule has 0 unspecified atom stereocenters. The Balaban J connectivity index is 1.67. The highest BCUT2D eigenvalue weighted by Crippen LogP contribution is 2.35. The third-order valence-electron chi connectivity index (χ3n) is 5.52. The van der Waals surface area contributed by atoms with Crippen molar-refractivity contribution in [1.29, 1.82) is 0 Å². The van der Waals surface area contributed by atoms with Gasteiger partial charge in [0, 0.05) is 23.1 Å². The quantitative estimate of drug-likeness (QED) is 0.650. The van der Waals surface area contributed by atoms with Gasteiger partial charge in [-0.05, 0) is 59.4 Å². The number of halogens is 1. The van der Waals surface area contributed by atoms with Gasteiger partial charge < -0.3 is 20.4 Å². The molecule has 2 aromatic rings. The normalized spacial score (nSPS) is 20.5. The summed E-state index contributed by atoms with van der Waals surface area (Å²) in [5.74, 6) is -3.09. The molecule has 150 valence electrons. The van der Waals surface area contributed by atoms with Crippen molar-refractivity contribution in [3.63, 3.8) is 0 Å². The molecule has 1 aliphatic heterocycles. The fourth-order valence-electron chi connectivity index (χ4n) is 4.16. The number of benzene rings is 2. The van der Waals surface area contributed by atoms with E-state index in [0.717, 1.165) is 38.9 Å². The second-order valence-corrected chi connectivity index (χ2v) is 8.14. The largest absolute Gasteiger partial charge is 0.480 e. The average molecular weight is 459 g/mol. The highest BCUT2D eigenvalue weighted by Gasteiger charge is 2.43. The fraction of sp³-hybridized carbons (Fsp3) is 0.286. The average Bonchev–Trinajstić information content (AvgIpc) is 2.71. The van der Waals surface area contributed by atoms with Crippen LogP contribution in [0.25, 0.3) is 11.1 Å². The van der Waals surface area contributed by atoms with E-state index in [9.17, 15) is 24.6 Å². The molecule has 0 aromatic heterocycles. The van der Waals surface area contributed by atoms with E-state index in [-0.39, 0.29) is 13.1 Å². The predicted molar refractivity (Wildman–Crippen MR) is 109 cm³/mol. The van der Waals surface area contributed by atoms with E-state index in [1.54, 1.807) is 12.1 Å². The van der Waals surface area contributed by atoms with E-state index in [2.05, 4.69) is 27.3 Å². The molecule has 1 heterocycles. The Morgan fingerprint density at radius 3 is 2.28 bits per heavy atom. The Kier molecular flexibility index (Phi) is 5.14. The maximum atomic E-state index is 13.1. The summed E-state index contributed by atoms with van der Waals surface area (Å²) in [7, 11) is 0. The van der Waals surface area contributed by atoms with E-state index < -0.39 is 29.9 Å². The molecule has 1 saturated heterocycles. The number of piperazine rings is 1. The zero-order chi connectivity index (χ0) is 20.7. The first-order chi connectivity index (χ1) is 13.9. The Labute approximate surface area is 175 Å². The zero-order valence-electron chi connectivity index (χ0n) is 15.4. The summed E-state index contributed by atoms with van der Waals surface area (Å²) in [6.07, 6.45) is 1.63. The Morgan fingerprint density at radius 1 is 0.966 bits per heavy atom. The number of fused-ring (bicyclic) bond motifs is 3. The van der Waals surface area contributed by atoms with E-state index >= 15 is 0 Å². The van der Waals surface area contributed by atoms with Crippen molar-refractivity contribution in [2.45, 2.75) is 24.9 Å². The van der Waals surface area contributed by atoms with Gasteiger partial charge in [0.15, 0.2) is 6.04 Å². The van der Waals surface area contributed by atoms with Gasteiger partial charge in [0.05, 0.1) is 0 Å². The minimum absolute atomic E-state index is 0.132. The minimum Gasteiger partial charge on any atom is -0.480 e. The molecule has 4 rings (SSSR count). The van der Waals surface area contributed by atoms with Gasteiger partial charge in [-0.3, -0.25) is 9.59 Å². The maximum Gasteiger partial charge on any atom is 0.328 e. The third kappa shape index (κ3) is 3.54. The first kappa shape index (κ1) is 19.6. The number of carboxylic acid groups (broad SMARTS) is 2. The molecule has 1 amide bonds. The van der Waals surface area contributed by atoms with Crippen molar-refractivity contribution in [3.05, 3.63) is 57.6 Å². The van der Waals surface area contributed by atoms with Gasteiger partial charge in [0.1, 0.15) is 6.04 Å². The lowest BCUT2D eigenvalue weighted by Gasteiger charge is -2.37. The van der Waals surface area contributed by atoms with Crippen LogP contribution in [0.1, 0.15) is 21.5 Å². The summed E-state index contributed by atoms with van der Waals surface area (Å²) in [5.41, 5.74) is 4.84. The van der Waals surface area contributed by atoms with E-state index in [1.165, 1.54) is 5.56 Å². The molecule has 3 N–H and O–H groups in total. The first-order valence-electron chi connectivity index (χ1n) is 9.28. The monoisotopic (exact) mass is 458 g/mol. The van der Waals surface area contributed by atoms with Crippen LogP contribution in [-0.4, -0.2) is 58.1 Å². The first-order valence-corrected chi connectivity index (χ1v) is 10.1. The molecular weight excluding hydrogens is 440 g/mol. The van der Waals surface area contributed by atoms with Gasteiger partial charge in [0.25, 0.3) is 5.91 Å². The predicted octanol–water partition coefficient (Wildman–Crippen LogP) is 2.17. The van der Waals surface area contributed by atoms with Crippen molar-refractivity contribution >= 4 is 33.8 Å². The summed E-state index contributed by atoms with van der Waals surface area (Å²) >= 11 is 3.49. The summed E-state index contributed by atoms with van der Waals surface area (Å²) in [5, 5.41) is 21.6. The molecule has 1 aliphatic carbocycles. The molecule has 7 nitrogen and oxygen atoms in total. The van der Waals surface area contributed by atoms with Crippen LogP contribution in [0, 0.1) is 0 Å². The lowest BCUT2D eigenvalue weighted by Crippen LogP contribution is -2.65. The number of aryl methyl sites for hydroxylation is 2. The number of rotatable bonds is 3. The fourth-order valence-corrected chi connectivity index (χ4v) is 4.57. The van der Waals surface area contributed by atoms with Gasteiger partial charge >= 0.3 is 11.9 Å². The second-order valence-electron chi connectivity index (χ2n) is 7.23. The highest BCUT2D eigenvalue weighted by molar-refractivity contribution is 9.10. The van der Waals surface area contributed by atoms with Gasteiger partial charge in [0.2, 0.25) is 0 Å². The van der Waals surface area contributed by atoms with Crippen LogP contribution in [0.5, 0.6) is 0 Å². The molecule has 2 aromatic carbocycles. The zero-order valence-corrected chi connectivity index (χ0v) is 17.0. The van der Waals surface area contributed by atoms with E-state index in [4.69, 9.17) is 0 Å². The Hall–Kier alpha value is -2.71. The topological polar surface area (TPSA) is 107 Å². The lowest BCUT2D eigenvalue weighted by molar-refractivity contribution is -0.152. The van der Waals surface area contributed by atoms with Crippen LogP contribution >= 0.6 is 15.9 Å². The van der Waals surface area contributed by atoms with Crippen LogP contribution < -0.4 is 5.32 Å². The second kappa shape index (κ2) is 7.61. The number of carboxylic acids is 2. The number of carbonyl (C=O) groups is 3. The van der Waals surface area contributed by atoms with Gasteiger partial charge in [-0.25, -0.2) is 4.79 Å². The van der Waals surface area contributed by atoms with Gasteiger partial charge in [-0.2, -0.15) is 0 Å². The van der Waals surface area contributed by atoms with Crippen molar-refractivity contribution < 1.29 is 24.6 Å². The smallest absolute Gasteiger partial charge is 0.328 e. The lowest BCUT2D eigenvalue weighted by atomic mass is 9.84. The molecule has 2 atom stereocenters. The molecular formula is C21H19BrN2O5. The van der Waals surface area contributed by atoms with Crippen molar-refractivity contribution in [2.24, 2.45) is 0 Å². The summed E-state index contributed by atoms with van der Waals surface area (Å²) in [4.78, 5) is 37.4. The van der Waals surface area contributed by atoms with Crippen LogP contribution in [0.4, 0.5) is 0 Å². The molecule has 0 saturated carbocycles. The molecule has 8 heteroatoms. The maximum absolute atomic E-state index is 13.1. The van der Waals surface area contributed by atoms with Crippen molar-refractivity contribution in [3.8, 4) is 11.1 Å². The van der Waals surface area contributed by atoms with E-state index in [0.29, 0.717) is 5.56 Å². The summed E-state index contributed by atoms with van der Waals surface area (Å²) in [6.45, 7) is 0.354. The van der Waals surface area contributed by atoms with Gasteiger partial charge in [-0.1, -0.05) is 28.1 Å². The third-order valence-corrected chi connectivity index (χ3v) is 6.01. The number of hydrogen-bond acceptors (Lipinski definition) is 4. The van der Waals surface area contributed by atoms with Crippen LogP contribution in [-0.2, 0) is 22.4 Å². The number of carbonyl (C=O) groups excluding carboxylic acids is 1. The molecule has 0 bridgehead atoms. The van der Waals surface area contributed by atoms with Crippen molar-refractivity contribution in [2.75, 3.05) is 13.1 Å². The standard InChI is InChI=1S/C21H19BrN2O5/c22-14-4-6-16-12(10-14)2-1-11-9-13(3-5-15(11)16)19(25)24-8-7-23-17(20(26)27)18(24)21(28)29/h3-6,9-10,17-18,23H,1-2,7-8H2,(H,26,27)(H,28,29)/t17-,18+/m0/s1. The summed E-state index contributed by atoms with van der Waals surface area (Å²) in [6, 6.07) is 8.72. The number of aliphatic carboxylic acids is 2. The Bertz CT molecular complexity index is 1020. The highest BCUT2D eigenvalue weighted by atomic mass is 79.9. The molecule has 1 fully saturated rings. The van der Waals surface area contributed by atoms with Crippen LogP contribution in [0.3, 0.4) is 0 Å². The van der Waals surface area contributed by atoms with E-state index in [1.807, 2.05) is 18.2 Å².